The van der Waals surface area contributed by atoms with Gasteiger partial charge in [0, 0.05) is 0 Å². The van der Waals surface area contributed by atoms with Crippen molar-refractivity contribution in [1.82, 2.24) is 0 Å². The number of ether oxygens (including phenoxy) is 2. The molecule has 4 fully saturated rings. The molecule has 4 aliphatic carbocycles. The van der Waals surface area contributed by atoms with Gasteiger partial charge in [-0.3, -0.25) is 0 Å². The van der Waals surface area contributed by atoms with Gasteiger partial charge in [0.1, 0.15) is 5.75 Å². The van der Waals surface area contributed by atoms with Crippen LogP contribution in [-0.4, -0.2) is 11.7 Å². The molecule has 2 aromatic rings. The first-order chi connectivity index (χ1) is 14.0. The molecule has 0 heterocycles. The average Bonchev–Trinajstić information content (AvgIpc) is 2.66. The summed E-state index contributed by atoms with van der Waals surface area (Å²) in [6, 6.07) is 16.6. The molecule has 4 bridgehead atoms. The van der Waals surface area contributed by atoms with Crippen molar-refractivity contribution < 1.29 is 14.3 Å². The number of carbonyl (C=O) groups is 1. The Morgan fingerprint density at radius 2 is 1.59 bits per heavy atom. The molecule has 6 rings (SSSR count). The summed E-state index contributed by atoms with van der Waals surface area (Å²) in [4.78, 5) is 11.7. The Balaban J connectivity index is 1.35. The summed E-state index contributed by atoms with van der Waals surface area (Å²) >= 11 is 5.67. The number of rotatable bonds is 4. The van der Waals surface area contributed by atoms with Crippen molar-refractivity contribution in [2.75, 3.05) is 0 Å². The molecule has 2 aromatic carbocycles. The quantitative estimate of drug-likeness (QED) is 0.311. The number of benzene rings is 2. The van der Waals surface area contributed by atoms with Crippen LogP contribution in [0.3, 0.4) is 0 Å². The van der Waals surface area contributed by atoms with Crippen LogP contribution in [0.25, 0.3) is 11.1 Å². The summed E-state index contributed by atoms with van der Waals surface area (Å²) in [5, 5.41) is 0. The van der Waals surface area contributed by atoms with Crippen LogP contribution < -0.4 is 4.74 Å². The topological polar surface area (TPSA) is 35.5 Å². The average molecular weight is 411 g/mol. The Bertz CT molecular complexity index is 867. The maximum atomic E-state index is 11.7. The first kappa shape index (κ1) is 19.0. The van der Waals surface area contributed by atoms with E-state index >= 15 is 0 Å². The third-order valence-corrected chi connectivity index (χ3v) is 7.25. The smallest absolute Gasteiger partial charge is 0.415 e. The van der Waals surface area contributed by atoms with Crippen LogP contribution in [0.2, 0.25) is 0 Å². The third-order valence-electron chi connectivity index (χ3n) is 7.16. The highest BCUT2D eigenvalue weighted by Crippen LogP contribution is 2.60. The van der Waals surface area contributed by atoms with Crippen LogP contribution in [0.5, 0.6) is 5.75 Å². The van der Waals surface area contributed by atoms with Crippen molar-refractivity contribution in [2.24, 2.45) is 17.8 Å². The van der Waals surface area contributed by atoms with E-state index in [1.54, 1.807) is 13.0 Å². The molecule has 0 aromatic heterocycles. The molecule has 4 heteroatoms. The molecule has 0 saturated heterocycles. The van der Waals surface area contributed by atoms with Gasteiger partial charge in [-0.05, 0) is 97.4 Å². The minimum Gasteiger partial charge on any atom is -0.415 e. The molecule has 0 amide bonds. The van der Waals surface area contributed by atoms with Crippen LogP contribution in [-0.2, 0) is 10.2 Å². The largest absolute Gasteiger partial charge is 0.515 e. The highest BCUT2D eigenvalue weighted by Gasteiger charge is 2.51. The molecule has 1 atom stereocenters. The van der Waals surface area contributed by atoms with Crippen molar-refractivity contribution in [2.45, 2.75) is 56.4 Å². The van der Waals surface area contributed by atoms with E-state index in [1.807, 2.05) is 18.2 Å². The summed E-state index contributed by atoms with van der Waals surface area (Å²) in [7, 11) is 0. The first-order valence-corrected chi connectivity index (χ1v) is 11.2. The second-order valence-corrected chi connectivity index (χ2v) is 9.93. The van der Waals surface area contributed by atoms with E-state index in [0.717, 1.165) is 28.9 Å². The minimum atomic E-state index is -0.790. The van der Waals surface area contributed by atoms with Crippen LogP contribution in [0.15, 0.2) is 48.5 Å². The zero-order valence-corrected chi connectivity index (χ0v) is 17.5. The maximum absolute atomic E-state index is 11.7. The van der Waals surface area contributed by atoms with E-state index in [4.69, 9.17) is 21.1 Å². The minimum absolute atomic E-state index is 0.417. The Labute approximate surface area is 177 Å². The number of halogens is 1. The molecule has 4 saturated carbocycles. The van der Waals surface area contributed by atoms with Gasteiger partial charge in [0.15, 0.2) is 5.56 Å². The van der Waals surface area contributed by atoms with Crippen LogP contribution in [0.4, 0.5) is 4.79 Å². The van der Waals surface area contributed by atoms with E-state index in [1.165, 1.54) is 44.1 Å². The lowest BCUT2D eigenvalue weighted by atomic mass is 9.48. The number of hydrogen-bond acceptors (Lipinski definition) is 3. The molecule has 0 N–H and O–H groups in total. The van der Waals surface area contributed by atoms with Gasteiger partial charge in [0.25, 0.3) is 0 Å². The lowest BCUT2D eigenvalue weighted by Gasteiger charge is -2.57. The fourth-order valence-electron chi connectivity index (χ4n) is 6.47. The third kappa shape index (κ3) is 3.77. The van der Waals surface area contributed by atoms with Gasteiger partial charge in [-0.1, -0.05) is 48.0 Å². The highest BCUT2D eigenvalue weighted by molar-refractivity contribution is 6.19. The molecule has 29 heavy (non-hydrogen) atoms. The lowest BCUT2D eigenvalue weighted by Crippen LogP contribution is -2.48. The monoisotopic (exact) mass is 410 g/mol. The molecule has 0 spiro atoms. The van der Waals surface area contributed by atoms with Gasteiger partial charge < -0.3 is 9.47 Å². The molecule has 3 nitrogen and oxygen atoms in total. The molecule has 152 valence electrons. The van der Waals surface area contributed by atoms with Crippen molar-refractivity contribution in [1.29, 1.82) is 0 Å². The molecular weight excluding hydrogens is 384 g/mol. The van der Waals surface area contributed by atoms with E-state index in [2.05, 4.69) is 24.3 Å². The summed E-state index contributed by atoms with van der Waals surface area (Å²) in [6.45, 7) is 1.57. The number of carbonyl (C=O) groups excluding carboxylic acids is 1. The zero-order valence-electron chi connectivity index (χ0n) is 16.8. The van der Waals surface area contributed by atoms with Crippen LogP contribution >= 0.6 is 11.6 Å². The standard InChI is InChI=1S/C25H27ClO3/c1-16(26)28-24(27)29-23-4-2-3-21(12-23)20-5-7-22(8-6-20)25-13-17-9-18(14-25)11-19(10-17)15-25/h2-8,12,16-19H,9-11,13-15H2,1H3. The maximum Gasteiger partial charge on any atom is 0.515 e. The lowest BCUT2D eigenvalue weighted by molar-refractivity contribution is -0.00518. The highest BCUT2D eigenvalue weighted by atomic mass is 35.5. The summed E-state index contributed by atoms with van der Waals surface area (Å²) in [5.41, 5.74) is 3.37. The van der Waals surface area contributed by atoms with E-state index in [-0.39, 0.29) is 0 Å². The Hall–Kier alpha value is -2.00. The van der Waals surface area contributed by atoms with Gasteiger partial charge in [0.2, 0.25) is 0 Å². The molecule has 0 radical (unpaired) electrons. The van der Waals surface area contributed by atoms with E-state index in [0.29, 0.717) is 11.2 Å². The molecule has 4 aliphatic rings. The van der Waals surface area contributed by atoms with Crippen molar-refractivity contribution in [3.8, 4) is 16.9 Å². The second kappa shape index (κ2) is 7.36. The fraction of sp³-hybridized carbons (Fsp3) is 0.480. The van der Waals surface area contributed by atoms with Gasteiger partial charge in [-0.25, -0.2) is 4.79 Å². The normalized spacial score (nSPS) is 30.8. The van der Waals surface area contributed by atoms with Crippen LogP contribution in [0.1, 0.15) is 51.0 Å². The SMILES string of the molecule is CC(Cl)OC(=O)Oc1cccc(-c2ccc(C34CC5CC(CC(C5)C3)C4)cc2)c1. The van der Waals surface area contributed by atoms with Crippen LogP contribution in [0, 0.1) is 17.8 Å². The summed E-state index contributed by atoms with van der Waals surface area (Å²) in [6.07, 6.45) is 7.75. The fourth-order valence-corrected chi connectivity index (χ4v) is 6.55. The Morgan fingerprint density at radius 1 is 0.966 bits per heavy atom. The molecule has 1 unspecified atom stereocenters. The van der Waals surface area contributed by atoms with Gasteiger partial charge in [0.05, 0.1) is 0 Å². The second-order valence-electron chi connectivity index (χ2n) is 9.32. The Morgan fingerprint density at radius 3 is 2.17 bits per heavy atom. The number of hydrogen-bond donors (Lipinski definition) is 0. The van der Waals surface area contributed by atoms with Gasteiger partial charge >= 0.3 is 6.16 Å². The zero-order chi connectivity index (χ0) is 20.0. The van der Waals surface area contributed by atoms with E-state index < -0.39 is 11.7 Å². The van der Waals surface area contributed by atoms with Crippen molar-refractivity contribution >= 4 is 17.8 Å². The number of alkyl halides is 1. The summed E-state index contributed by atoms with van der Waals surface area (Å²) < 4.78 is 10.1. The Kier molecular flexibility index (Phi) is 4.82. The molecule has 0 aliphatic heterocycles. The van der Waals surface area contributed by atoms with Crippen molar-refractivity contribution in [3.05, 3.63) is 54.1 Å². The predicted molar refractivity (Wildman–Crippen MR) is 114 cm³/mol. The predicted octanol–water partition coefficient (Wildman–Crippen LogP) is 6.92. The first-order valence-electron chi connectivity index (χ1n) is 10.7. The van der Waals surface area contributed by atoms with Crippen molar-refractivity contribution in [3.63, 3.8) is 0 Å². The summed E-state index contributed by atoms with van der Waals surface area (Å²) in [5.74, 6) is 3.30. The van der Waals surface area contributed by atoms with Gasteiger partial charge in [-0.15, -0.1) is 0 Å². The van der Waals surface area contributed by atoms with Gasteiger partial charge in [-0.2, -0.15) is 0 Å². The molecular formula is C25H27ClO3. The van der Waals surface area contributed by atoms with E-state index in [9.17, 15) is 4.79 Å².